The SMILES string of the molecule is CCc1ccc(C(C)NCc2cc3cccc(OC)c3o2)cc1. The van der Waals surface area contributed by atoms with Gasteiger partial charge in [0.05, 0.1) is 13.7 Å². The van der Waals surface area contributed by atoms with Crippen LogP contribution in [0.3, 0.4) is 0 Å². The normalized spacial score (nSPS) is 12.5. The van der Waals surface area contributed by atoms with E-state index in [1.165, 1.54) is 11.1 Å². The number of nitrogens with one attached hydrogen (secondary N) is 1. The molecule has 0 spiro atoms. The Labute approximate surface area is 137 Å². The first-order valence-corrected chi connectivity index (χ1v) is 8.09. The van der Waals surface area contributed by atoms with Crippen LogP contribution in [-0.2, 0) is 13.0 Å². The summed E-state index contributed by atoms with van der Waals surface area (Å²) in [5, 5.41) is 4.59. The number of rotatable bonds is 6. The van der Waals surface area contributed by atoms with Gasteiger partial charge < -0.3 is 14.5 Å². The van der Waals surface area contributed by atoms with Gasteiger partial charge in [-0.2, -0.15) is 0 Å². The minimum Gasteiger partial charge on any atom is -0.493 e. The van der Waals surface area contributed by atoms with E-state index in [0.717, 1.165) is 28.9 Å². The third-order valence-electron chi connectivity index (χ3n) is 4.25. The van der Waals surface area contributed by atoms with Crippen molar-refractivity contribution < 1.29 is 9.15 Å². The lowest BCUT2D eigenvalue weighted by molar-refractivity contribution is 0.405. The van der Waals surface area contributed by atoms with Crippen LogP contribution in [0.1, 0.15) is 36.8 Å². The standard InChI is InChI=1S/C20H23NO2/c1-4-15-8-10-16(11-9-15)14(2)21-13-18-12-17-6-5-7-19(22-3)20(17)23-18/h5-12,14,21H,4,13H2,1-3H3. The quantitative estimate of drug-likeness (QED) is 0.706. The zero-order valence-electron chi connectivity index (χ0n) is 13.9. The molecule has 1 atom stereocenters. The van der Waals surface area contributed by atoms with Gasteiger partial charge in [-0.1, -0.05) is 43.3 Å². The van der Waals surface area contributed by atoms with Crippen molar-refractivity contribution in [3.63, 3.8) is 0 Å². The van der Waals surface area contributed by atoms with E-state index in [1.807, 2.05) is 18.2 Å². The number of para-hydroxylation sites is 1. The third-order valence-corrected chi connectivity index (χ3v) is 4.25. The Morgan fingerprint density at radius 3 is 2.61 bits per heavy atom. The summed E-state index contributed by atoms with van der Waals surface area (Å²) in [6.45, 7) is 5.03. The molecule has 0 amide bonds. The predicted molar refractivity (Wildman–Crippen MR) is 93.8 cm³/mol. The second-order valence-corrected chi connectivity index (χ2v) is 5.79. The van der Waals surface area contributed by atoms with Gasteiger partial charge in [-0.05, 0) is 36.6 Å². The van der Waals surface area contributed by atoms with Gasteiger partial charge in [-0.15, -0.1) is 0 Å². The first-order valence-electron chi connectivity index (χ1n) is 8.09. The molecule has 0 saturated heterocycles. The number of furan rings is 1. The van der Waals surface area contributed by atoms with E-state index in [1.54, 1.807) is 7.11 Å². The number of aryl methyl sites for hydroxylation is 1. The fourth-order valence-corrected chi connectivity index (χ4v) is 2.75. The Kier molecular flexibility index (Phi) is 4.68. The molecule has 0 aliphatic heterocycles. The smallest absolute Gasteiger partial charge is 0.176 e. The molecular formula is C20H23NO2. The van der Waals surface area contributed by atoms with E-state index < -0.39 is 0 Å². The van der Waals surface area contributed by atoms with Crippen molar-refractivity contribution in [3.8, 4) is 5.75 Å². The van der Waals surface area contributed by atoms with Crippen LogP contribution in [0, 0.1) is 0 Å². The lowest BCUT2D eigenvalue weighted by atomic mass is 10.1. The maximum Gasteiger partial charge on any atom is 0.176 e. The molecule has 0 aliphatic carbocycles. The van der Waals surface area contributed by atoms with Crippen molar-refractivity contribution in [3.05, 3.63) is 65.4 Å². The summed E-state index contributed by atoms with van der Waals surface area (Å²) < 4.78 is 11.3. The maximum absolute atomic E-state index is 5.93. The van der Waals surface area contributed by atoms with Crippen LogP contribution < -0.4 is 10.1 Å². The van der Waals surface area contributed by atoms with Crippen molar-refractivity contribution in [2.24, 2.45) is 0 Å². The van der Waals surface area contributed by atoms with Gasteiger partial charge in [0.25, 0.3) is 0 Å². The molecule has 0 radical (unpaired) electrons. The third kappa shape index (κ3) is 3.40. The number of hydrogen-bond acceptors (Lipinski definition) is 3. The summed E-state index contributed by atoms with van der Waals surface area (Å²) in [4.78, 5) is 0. The van der Waals surface area contributed by atoms with E-state index in [9.17, 15) is 0 Å². The largest absolute Gasteiger partial charge is 0.493 e. The van der Waals surface area contributed by atoms with Gasteiger partial charge in [-0.25, -0.2) is 0 Å². The highest BCUT2D eigenvalue weighted by Gasteiger charge is 2.10. The highest BCUT2D eigenvalue weighted by molar-refractivity contribution is 5.83. The van der Waals surface area contributed by atoms with E-state index in [0.29, 0.717) is 6.54 Å². The Hall–Kier alpha value is -2.26. The van der Waals surface area contributed by atoms with Crippen LogP contribution in [0.4, 0.5) is 0 Å². The Bertz CT molecular complexity index is 774. The Balaban J connectivity index is 1.69. The summed E-state index contributed by atoms with van der Waals surface area (Å²) in [6.07, 6.45) is 1.07. The maximum atomic E-state index is 5.93. The molecule has 1 aromatic heterocycles. The summed E-state index contributed by atoms with van der Waals surface area (Å²) in [7, 11) is 1.66. The molecule has 0 saturated carbocycles. The molecule has 23 heavy (non-hydrogen) atoms. The van der Waals surface area contributed by atoms with E-state index in [4.69, 9.17) is 9.15 Å². The summed E-state index contributed by atoms with van der Waals surface area (Å²) in [5.41, 5.74) is 3.47. The van der Waals surface area contributed by atoms with Crippen LogP contribution in [-0.4, -0.2) is 7.11 Å². The summed E-state index contributed by atoms with van der Waals surface area (Å²) in [5.74, 6) is 1.69. The van der Waals surface area contributed by atoms with Crippen molar-refractivity contribution in [2.75, 3.05) is 7.11 Å². The minimum atomic E-state index is 0.274. The molecule has 0 aliphatic rings. The van der Waals surface area contributed by atoms with Crippen LogP contribution >= 0.6 is 0 Å². The van der Waals surface area contributed by atoms with Crippen LogP contribution in [0.15, 0.2) is 52.9 Å². The average molecular weight is 309 g/mol. The molecule has 120 valence electrons. The molecule has 2 aromatic carbocycles. The lowest BCUT2D eigenvalue weighted by Gasteiger charge is -2.13. The van der Waals surface area contributed by atoms with Crippen LogP contribution in [0.25, 0.3) is 11.0 Å². The minimum absolute atomic E-state index is 0.274. The molecular weight excluding hydrogens is 286 g/mol. The second kappa shape index (κ2) is 6.88. The fraction of sp³-hybridized carbons (Fsp3) is 0.300. The molecule has 3 nitrogen and oxygen atoms in total. The lowest BCUT2D eigenvalue weighted by Crippen LogP contribution is -2.17. The van der Waals surface area contributed by atoms with Crippen molar-refractivity contribution in [1.29, 1.82) is 0 Å². The molecule has 0 bridgehead atoms. The zero-order chi connectivity index (χ0) is 16.2. The molecule has 1 heterocycles. The van der Waals surface area contributed by atoms with Crippen LogP contribution in [0.5, 0.6) is 5.75 Å². The molecule has 0 fully saturated rings. The highest BCUT2D eigenvalue weighted by Crippen LogP contribution is 2.28. The molecule has 1 N–H and O–H groups in total. The second-order valence-electron chi connectivity index (χ2n) is 5.79. The van der Waals surface area contributed by atoms with Crippen molar-refractivity contribution in [1.82, 2.24) is 5.32 Å². The monoisotopic (exact) mass is 309 g/mol. The first-order chi connectivity index (χ1) is 11.2. The van der Waals surface area contributed by atoms with Gasteiger partial charge >= 0.3 is 0 Å². The fourth-order valence-electron chi connectivity index (χ4n) is 2.75. The topological polar surface area (TPSA) is 34.4 Å². The van der Waals surface area contributed by atoms with Gasteiger partial charge in [-0.3, -0.25) is 0 Å². The molecule has 3 aromatic rings. The number of benzene rings is 2. The number of hydrogen-bond donors (Lipinski definition) is 1. The van der Waals surface area contributed by atoms with Gasteiger partial charge in [0.2, 0.25) is 0 Å². The van der Waals surface area contributed by atoms with E-state index >= 15 is 0 Å². The van der Waals surface area contributed by atoms with Crippen LogP contribution in [0.2, 0.25) is 0 Å². The first kappa shape index (κ1) is 15.6. The van der Waals surface area contributed by atoms with E-state index in [-0.39, 0.29) is 6.04 Å². The van der Waals surface area contributed by atoms with Gasteiger partial charge in [0.1, 0.15) is 5.76 Å². The predicted octanol–water partition coefficient (Wildman–Crippen LogP) is 4.85. The van der Waals surface area contributed by atoms with Gasteiger partial charge in [0, 0.05) is 11.4 Å². The highest BCUT2D eigenvalue weighted by atomic mass is 16.5. The number of fused-ring (bicyclic) bond motifs is 1. The molecule has 3 rings (SSSR count). The van der Waals surface area contributed by atoms with Crippen molar-refractivity contribution >= 4 is 11.0 Å². The number of ether oxygens (including phenoxy) is 1. The summed E-state index contributed by atoms with van der Waals surface area (Å²) >= 11 is 0. The Morgan fingerprint density at radius 1 is 1.13 bits per heavy atom. The van der Waals surface area contributed by atoms with E-state index in [2.05, 4.69) is 49.5 Å². The average Bonchev–Trinajstić information content (AvgIpc) is 3.02. The Morgan fingerprint density at radius 2 is 1.91 bits per heavy atom. The van der Waals surface area contributed by atoms with Crippen molar-refractivity contribution in [2.45, 2.75) is 32.9 Å². The summed E-state index contributed by atoms with van der Waals surface area (Å²) in [6, 6.07) is 17.0. The molecule has 1 unspecified atom stereocenters. The number of methoxy groups -OCH3 is 1. The van der Waals surface area contributed by atoms with Gasteiger partial charge in [0.15, 0.2) is 11.3 Å². The zero-order valence-corrected chi connectivity index (χ0v) is 13.9. The molecule has 3 heteroatoms.